The molecule has 0 N–H and O–H groups in total. The van der Waals surface area contributed by atoms with E-state index in [1.165, 1.54) is 5.56 Å². The summed E-state index contributed by atoms with van der Waals surface area (Å²) in [6.07, 6.45) is 7.42. The van der Waals surface area contributed by atoms with Gasteiger partial charge in [-0.15, -0.1) is 11.6 Å². The number of hydrogen-bond acceptors (Lipinski definition) is 1. The molecule has 0 bridgehead atoms. The lowest BCUT2D eigenvalue weighted by molar-refractivity contribution is 0.462. The number of hydrogen-bond donors (Lipinski definition) is 0. The van der Waals surface area contributed by atoms with Crippen LogP contribution in [-0.4, -0.2) is 15.2 Å². The highest BCUT2D eigenvalue weighted by atomic mass is 35.5. The number of nitrogens with zero attached hydrogens (tertiary/aromatic N) is 2. The van der Waals surface area contributed by atoms with Crippen molar-refractivity contribution >= 4 is 11.6 Å². The Morgan fingerprint density at radius 2 is 2.29 bits per heavy atom. The smallest absolute Gasteiger partial charge is 0.0521 e. The molecule has 80 valence electrons. The van der Waals surface area contributed by atoms with Gasteiger partial charge in [-0.25, -0.2) is 0 Å². The standard InChI is InChI=1S/C11H19ClN2/c1-4-11(9(2)12)6-5-10-7-13-14(3)8-10/h7-9,11H,4-6H2,1-3H3. The van der Waals surface area contributed by atoms with Crippen LogP contribution in [0.3, 0.4) is 0 Å². The fourth-order valence-electron chi connectivity index (χ4n) is 1.71. The number of rotatable bonds is 5. The van der Waals surface area contributed by atoms with E-state index in [-0.39, 0.29) is 5.38 Å². The zero-order chi connectivity index (χ0) is 10.6. The van der Waals surface area contributed by atoms with Crippen LogP contribution in [0.15, 0.2) is 12.4 Å². The Kier molecular flexibility index (Phi) is 4.46. The topological polar surface area (TPSA) is 17.8 Å². The SMILES string of the molecule is CCC(CCc1cnn(C)c1)C(C)Cl. The fourth-order valence-corrected chi connectivity index (χ4v) is 2.02. The van der Waals surface area contributed by atoms with Crippen molar-refractivity contribution < 1.29 is 0 Å². The average Bonchev–Trinajstić information content (AvgIpc) is 2.52. The van der Waals surface area contributed by atoms with Gasteiger partial charge in [0.1, 0.15) is 0 Å². The lowest BCUT2D eigenvalue weighted by Crippen LogP contribution is -2.11. The van der Waals surface area contributed by atoms with Crippen LogP contribution in [0, 0.1) is 5.92 Å². The van der Waals surface area contributed by atoms with Crippen molar-refractivity contribution in [3.63, 3.8) is 0 Å². The van der Waals surface area contributed by atoms with Crippen LogP contribution in [-0.2, 0) is 13.5 Å². The molecule has 14 heavy (non-hydrogen) atoms. The summed E-state index contributed by atoms with van der Waals surface area (Å²) < 4.78 is 1.85. The molecule has 2 atom stereocenters. The van der Waals surface area contributed by atoms with Gasteiger partial charge in [0.05, 0.1) is 6.20 Å². The minimum absolute atomic E-state index is 0.275. The van der Waals surface area contributed by atoms with Gasteiger partial charge in [-0.3, -0.25) is 4.68 Å². The van der Waals surface area contributed by atoms with E-state index in [1.54, 1.807) is 0 Å². The fraction of sp³-hybridized carbons (Fsp3) is 0.727. The minimum Gasteiger partial charge on any atom is -0.276 e. The van der Waals surface area contributed by atoms with Crippen molar-refractivity contribution in [1.82, 2.24) is 9.78 Å². The van der Waals surface area contributed by atoms with E-state index in [0.717, 1.165) is 19.3 Å². The van der Waals surface area contributed by atoms with Crippen LogP contribution in [0.4, 0.5) is 0 Å². The molecule has 0 fully saturated rings. The molecule has 0 spiro atoms. The Hall–Kier alpha value is -0.500. The maximum absolute atomic E-state index is 6.09. The van der Waals surface area contributed by atoms with E-state index in [9.17, 15) is 0 Å². The molecule has 2 unspecified atom stereocenters. The van der Waals surface area contributed by atoms with E-state index in [1.807, 2.05) is 17.9 Å². The minimum atomic E-state index is 0.275. The van der Waals surface area contributed by atoms with E-state index < -0.39 is 0 Å². The van der Waals surface area contributed by atoms with Crippen LogP contribution in [0.5, 0.6) is 0 Å². The summed E-state index contributed by atoms with van der Waals surface area (Å²) in [5.41, 5.74) is 1.31. The first-order valence-electron chi connectivity index (χ1n) is 5.25. The van der Waals surface area contributed by atoms with Gasteiger partial charge < -0.3 is 0 Å². The van der Waals surface area contributed by atoms with Crippen molar-refractivity contribution in [2.45, 2.75) is 38.5 Å². The van der Waals surface area contributed by atoms with Gasteiger partial charge >= 0.3 is 0 Å². The Morgan fingerprint density at radius 3 is 2.71 bits per heavy atom. The average molecular weight is 215 g/mol. The predicted octanol–water partition coefficient (Wildman–Crippen LogP) is 3.01. The first kappa shape index (κ1) is 11.6. The summed E-state index contributed by atoms with van der Waals surface area (Å²) in [6.45, 7) is 4.28. The monoisotopic (exact) mass is 214 g/mol. The number of halogens is 1. The van der Waals surface area contributed by atoms with Gasteiger partial charge in [-0.2, -0.15) is 5.10 Å². The second-order valence-electron chi connectivity index (χ2n) is 3.91. The lowest BCUT2D eigenvalue weighted by Gasteiger charge is -2.16. The van der Waals surface area contributed by atoms with E-state index in [0.29, 0.717) is 5.92 Å². The van der Waals surface area contributed by atoms with E-state index in [4.69, 9.17) is 11.6 Å². The molecule has 1 rings (SSSR count). The van der Waals surface area contributed by atoms with Gasteiger partial charge in [-0.1, -0.05) is 13.3 Å². The molecule has 0 aliphatic rings. The summed E-state index contributed by atoms with van der Waals surface area (Å²) in [5.74, 6) is 0.622. The molecule has 0 amide bonds. The molecule has 0 radical (unpaired) electrons. The molecule has 0 aliphatic heterocycles. The maximum atomic E-state index is 6.09. The molecular formula is C11H19ClN2. The molecule has 0 saturated carbocycles. The van der Waals surface area contributed by atoms with Gasteiger partial charge in [0.15, 0.2) is 0 Å². The number of aromatic nitrogens is 2. The van der Waals surface area contributed by atoms with Gasteiger partial charge in [0.2, 0.25) is 0 Å². The zero-order valence-electron chi connectivity index (χ0n) is 9.20. The number of aryl methyl sites for hydroxylation is 2. The first-order chi connectivity index (χ1) is 6.63. The molecular weight excluding hydrogens is 196 g/mol. The molecule has 3 heteroatoms. The Balaban J connectivity index is 2.39. The van der Waals surface area contributed by atoms with Crippen molar-refractivity contribution in [3.8, 4) is 0 Å². The normalized spacial score (nSPS) is 15.4. The molecule has 2 nitrogen and oxygen atoms in total. The van der Waals surface area contributed by atoms with Crippen LogP contribution in [0.2, 0.25) is 0 Å². The molecule has 0 aromatic carbocycles. The van der Waals surface area contributed by atoms with E-state index in [2.05, 4.69) is 25.1 Å². The third-order valence-corrected chi connectivity index (χ3v) is 3.09. The summed E-state index contributed by atoms with van der Waals surface area (Å²) in [5, 5.41) is 4.42. The Morgan fingerprint density at radius 1 is 1.57 bits per heavy atom. The maximum Gasteiger partial charge on any atom is 0.0521 e. The van der Waals surface area contributed by atoms with Crippen molar-refractivity contribution in [2.75, 3.05) is 0 Å². The Labute approximate surface area is 91.3 Å². The lowest BCUT2D eigenvalue weighted by atomic mass is 9.95. The zero-order valence-corrected chi connectivity index (χ0v) is 9.96. The van der Waals surface area contributed by atoms with Crippen LogP contribution < -0.4 is 0 Å². The van der Waals surface area contributed by atoms with E-state index >= 15 is 0 Å². The van der Waals surface area contributed by atoms with Crippen molar-refractivity contribution in [1.29, 1.82) is 0 Å². The summed E-state index contributed by atoms with van der Waals surface area (Å²) in [7, 11) is 1.95. The second-order valence-corrected chi connectivity index (χ2v) is 4.60. The first-order valence-corrected chi connectivity index (χ1v) is 5.68. The molecule has 1 heterocycles. The largest absolute Gasteiger partial charge is 0.276 e. The second kappa shape index (κ2) is 5.40. The van der Waals surface area contributed by atoms with Gasteiger partial charge in [0.25, 0.3) is 0 Å². The summed E-state index contributed by atoms with van der Waals surface area (Å²) in [6, 6.07) is 0. The van der Waals surface area contributed by atoms with Crippen LogP contribution >= 0.6 is 11.6 Å². The molecule has 0 saturated heterocycles. The summed E-state index contributed by atoms with van der Waals surface area (Å²) >= 11 is 6.09. The number of alkyl halides is 1. The highest BCUT2D eigenvalue weighted by Crippen LogP contribution is 2.20. The predicted molar refractivity (Wildman–Crippen MR) is 60.6 cm³/mol. The molecule has 1 aromatic heterocycles. The quantitative estimate of drug-likeness (QED) is 0.690. The van der Waals surface area contributed by atoms with Gasteiger partial charge in [-0.05, 0) is 31.2 Å². The highest BCUT2D eigenvalue weighted by molar-refractivity contribution is 6.20. The van der Waals surface area contributed by atoms with Crippen LogP contribution in [0.25, 0.3) is 0 Å². The Bertz CT molecular complexity index is 268. The van der Waals surface area contributed by atoms with Gasteiger partial charge in [0, 0.05) is 18.6 Å². The molecule has 1 aromatic rings. The van der Waals surface area contributed by atoms with Crippen molar-refractivity contribution in [2.24, 2.45) is 13.0 Å². The van der Waals surface area contributed by atoms with Crippen LogP contribution in [0.1, 0.15) is 32.3 Å². The summed E-state index contributed by atoms with van der Waals surface area (Å²) in [4.78, 5) is 0. The van der Waals surface area contributed by atoms with Crippen molar-refractivity contribution in [3.05, 3.63) is 18.0 Å². The third kappa shape index (κ3) is 3.33. The third-order valence-electron chi connectivity index (χ3n) is 2.74. The molecule has 0 aliphatic carbocycles. The highest BCUT2D eigenvalue weighted by Gasteiger charge is 2.12.